The zero-order chi connectivity index (χ0) is 17.0. The zero-order valence-electron chi connectivity index (χ0n) is 12.4. The number of aromatic nitrogens is 1. The quantitative estimate of drug-likeness (QED) is 0.733. The van der Waals surface area contributed by atoms with Crippen LogP contribution >= 0.6 is 0 Å². The van der Waals surface area contributed by atoms with Crippen LogP contribution in [-0.2, 0) is 11.2 Å². The first-order valence-corrected chi connectivity index (χ1v) is 7.45. The minimum Gasteiger partial charge on any atom is -0.481 e. The number of hydrogen-bond acceptors (Lipinski definition) is 1. The number of rotatable bonds is 2. The van der Waals surface area contributed by atoms with Crippen LogP contribution in [-0.4, -0.2) is 16.1 Å². The summed E-state index contributed by atoms with van der Waals surface area (Å²) in [7, 11) is 0. The van der Waals surface area contributed by atoms with Crippen molar-refractivity contribution in [1.82, 2.24) is 4.98 Å². The fraction of sp³-hybridized carbons (Fsp3) is 0.167. The maximum absolute atomic E-state index is 14.1. The summed E-state index contributed by atoms with van der Waals surface area (Å²) in [5.74, 6) is -3.38. The molecule has 0 saturated carbocycles. The summed E-state index contributed by atoms with van der Waals surface area (Å²) in [4.78, 5) is 14.1. The molecule has 0 saturated heterocycles. The van der Waals surface area contributed by atoms with E-state index in [1.807, 2.05) is 0 Å². The third-order valence-electron chi connectivity index (χ3n) is 4.50. The van der Waals surface area contributed by atoms with Crippen LogP contribution < -0.4 is 0 Å². The number of fused-ring (bicyclic) bond motifs is 5. The number of nitrogens with one attached hydrogen (secondary N) is 1. The van der Waals surface area contributed by atoms with Gasteiger partial charge in [-0.15, -0.1) is 0 Å². The summed E-state index contributed by atoms with van der Waals surface area (Å²) in [5.41, 5.74) is 2.58. The predicted molar refractivity (Wildman–Crippen MR) is 82.3 cm³/mol. The van der Waals surface area contributed by atoms with Crippen molar-refractivity contribution in [2.75, 3.05) is 0 Å². The van der Waals surface area contributed by atoms with Gasteiger partial charge in [0, 0.05) is 22.9 Å². The molecule has 4 rings (SSSR count). The van der Waals surface area contributed by atoms with Crippen molar-refractivity contribution >= 4 is 16.9 Å². The van der Waals surface area contributed by atoms with E-state index in [4.69, 9.17) is 0 Å². The largest absolute Gasteiger partial charge is 0.481 e. The average Bonchev–Trinajstić information content (AvgIpc) is 2.86. The number of H-pyrrole nitrogens is 1. The van der Waals surface area contributed by atoms with Crippen LogP contribution in [0.2, 0.25) is 0 Å². The molecule has 0 spiro atoms. The molecule has 1 aliphatic carbocycles. The number of aliphatic carboxylic acids is 1. The summed E-state index contributed by atoms with van der Waals surface area (Å²) in [6.07, 6.45) is 0.103. The van der Waals surface area contributed by atoms with Gasteiger partial charge in [0.25, 0.3) is 0 Å². The van der Waals surface area contributed by atoms with E-state index in [0.29, 0.717) is 34.2 Å². The summed E-state index contributed by atoms with van der Waals surface area (Å²) >= 11 is 0. The smallest absolute Gasteiger partial charge is 0.303 e. The van der Waals surface area contributed by atoms with Gasteiger partial charge in [-0.25, -0.2) is 13.2 Å². The van der Waals surface area contributed by atoms with Gasteiger partial charge in [0.1, 0.15) is 17.5 Å². The fourth-order valence-corrected chi connectivity index (χ4v) is 3.60. The summed E-state index contributed by atoms with van der Waals surface area (Å²) in [5, 5.41) is 9.52. The Hall–Kier alpha value is -2.76. The van der Waals surface area contributed by atoms with Crippen LogP contribution in [0.1, 0.15) is 23.5 Å². The van der Waals surface area contributed by atoms with Crippen molar-refractivity contribution in [3.63, 3.8) is 0 Å². The Labute approximate surface area is 134 Å². The molecule has 1 aromatic heterocycles. The molecule has 122 valence electrons. The molecule has 2 aromatic carbocycles. The highest BCUT2D eigenvalue weighted by molar-refractivity contribution is 5.94. The monoisotopic (exact) mass is 331 g/mol. The number of carboxylic acids is 1. The first-order valence-electron chi connectivity index (χ1n) is 7.45. The second-order valence-electron chi connectivity index (χ2n) is 6.02. The van der Waals surface area contributed by atoms with Crippen LogP contribution in [0.3, 0.4) is 0 Å². The first-order chi connectivity index (χ1) is 11.4. The number of hydrogen-bond donors (Lipinski definition) is 2. The number of carbonyl (C=O) groups is 1. The van der Waals surface area contributed by atoms with Crippen molar-refractivity contribution in [3.05, 3.63) is 58.9 Å². The van der Waals surface area contributed by atoms with Gasteiger partial charge in [0.15, 0.2) is 0 Å². The van der Waals surface area contributed by atoms with Gasteiger partial charge in [-0.1, -0.05) is 0 Å². The Morgan fingerprint density at radius 3 is 2.71 bits per heavy atom. The van der Waals surface area contributed by atoms with Crippen molar-refractivity contribution in [3.8, 4) is 11.3 Å². The molecule has 1 aliphatic rings. The van der Waals surface area contributed by atoms with Crippen molar-refractivity contribution in [2.24, 2.45) is 0 Å². The molecule has 1 heterocycles. The molecule has 0 amide bonds. The summed E-state index contributed by atoms with van der Waals surface area (Å²) in [6.45, 7) is 0. The van der Waals surface area contributed by atoms with E-state index in [1.54, 1.807) is 6.07 Å². The topological polar surface area (TPSA) is 53.1 Å². The molecule has 6 heteroatoms. The maximum Gasteiger partial charge on any atom is 0.303 e. The molecular weight excluding hydrogens is 319 g/mol. The molecule has 0 bridgehead atoms. The Bertz CT molecular complexity index is 994. The van der Waals surface area contributed by atoms with Gasteiger partial charge in [0.05, 0.1) is 17.6 Å². The lowest BCUT2D eigenvalue weighted by atomic mass is 9.79. The minimum absolute atomic E-state index is 0.133. The third kappa shape index (κ3) is 2.18. The second-order valence-corrected chi connectivity index (χ2v) is 6.02. The van der Waals surface area contributed by atoms with Crippen LogP contribution in [0.4, 0.5) is 13.2 Å². The standard InChI is InChI=1S/C18H12F3NO2/c19-10-1-2-12-8(4-10)3-9(5-15(23)24)16-13-6-11(20)7-14(21)17(13)22-18(12)16/h1-2,4,6-7,9,22H,3,5H2,(H,23,24)/t9-/m1/s1. The van der Waals surface area contributed by atoms with Gasteiger partial charge in [-0.3, -0.25) is 4.79 Å². The van der Waals surface area contributed by atoms with E-state index in [-0.39, 0.29) is 11.9 Å². The van der Waals surface area contributed by atoms with Gasteiger partial charge in [0.2, 0.25) is 0 Å². The average molecular weight is 331 g/mol. The van der Waals surface area contributed by atoms with E-state index < -0.39 is 29.3 Å². The molecule has 24 heavy (non-hydrogen) atoms. The highest BCUT2D eigenvalue weighted by Crippen LogP contribution is 2.45. The number of aromatic amines is 1. The Morgan fingerprint density at radius 2 is 1.96 bits per heavy atom. The first kappa shape index (κ1) is 14.8. The van der Waals surface area contributed by atoms with Gasteiger partial charge in [-0.2, -0.15) is 0 Å². The van der Waals surface area contributed by atoms with E-state index >= 15 is 0 Å². The maximum atomic E-state index is 14.1. The number of halogens is 3. The lowest BCUT2D eigenvalue weighted by molar-refractivity contribution is -0.137. The Morgan fingerprint density at radius 1 is 1.17 bits per heavy atom. The van der Waals surface area contributed by atoms with E-state index in [9.17, 15) is 23.1 Å². The van der Waals surface area contributed by atoms with Crippen LogP contribution in [0.5, 0.6) is 0 Å². The van der Waals surface area contributed by atoms with E-state index in [1.165, 1.54) is 18.2 Å². The molecule has 3 nitrogen and oxygen atoms in total. The van der Waals surface area contributed by atoms with E-state index in [2.05, 4.69) is 4.98 Å². The molecule has 3 aromatic rings. The normalized spacial score (nSPS) is 16.0. The minimum atomic E-state index is -1.02. The van der Waals surface area contributed by atoms with Gasteiger partial charge >= 0.3 is 5.97 Å². The fourth-order valence-electron chi connectivity index (χ4n) is 3.60. The van der Waals surface area contributed by atoms with E-state index in [0.717, 1.165) is 6.07 Å². The predicted octanol–water partition coefficient (Wildman–Crippen LogP) is 4.37. The van der Waals surface area contributed by atoms with Crippen molar-refractivity contribution in [2.45, 2.75) is 18.8 Å². The van der Waals surface area contributed by atoms with Gasteiger partial charge < -0.3 is 10.1 Å². The lowest BCUT2D eigenvalue weighted by Gasteiger charge is -2.24. The van der Waals surface area contributed by atoms with Crippen molar-refractivity contribution < 1.29 is 23.1 Å². The highest BCUT2D eigenvalue weighted by Gasteiger charge is 2.31. The van der Waals surface area contributed by atoms with Gasteiger partial charge in [-0.05, 0) is 41.8 Å². The summed E-state index contributed by atoms with van der Waals surface area (Å²) < 4.78 is 41.3. The van der Waals surface area contributed by atoms with Crippen molar-refractivity contribution in [1.29, 1.82) is 0 Å². The van der Waals surface area contributed by atoms with Crippen LogP contribution in [0.25, 0.3) is 22.2 Å². The Balaban J connectivity index is 2.05. The molecule has 0 aliphatic heterocycles. The number of benzene rings is 2. The van der Waals surface area contributed by atoms with Crippen LogP contribution in [0, 0.1) is 17.5 Å². The molecular formula is C18H12F3NO2. The Kier molecular flexibility index (Phi) is 3.16. The molecule has 1 atom stereocenters. The zero-order valence-corrected chi connectivity index (χ0v) is 12.4. The molecule has 2 N–H and O–H groups in total. The molecule has 0 unspecified atom stereocenters. The number of carboxylic acid groups (broad SMARTS) is 1. The second kappa shape index (κ2) is 5.12. The third-order valence-corrected chi connectivity index (χ3v) is 4.50. The SMILES string of the molecule is O=C(O)C[C@H]1Cc2cc(F)ccc2-c2[nH]c3c(F)cc(F)cc3c21. The molecule has 0 fully saturated rings. The lowest BCUT2D eigenvalue weighted by Crippen LogP contribution is -2.14. The van der Waals surface area contributed by atoms with Crippen LogP contribution in [0.15, 0.2) is 30.3 Å². The summed E-state index contributed by atoms with van der Waals surface area (Å²) in [6, 6.07) is 6.21. The molecule has 0 radical (unpaired) electrons. The highest BCUT2D eigenvalue weighted by atomic mass is 19.1.